The van der Waals surface area contributed by atoms with Crippen molar-refractivity contribution in [2.45, 2.75) is 6.42 Å². The van der Waals surface area contributed by atoms with E-state index in [1.54, 1.807) is 36.4 Å². The smallest absolute Gasteiger partial charge is 0.255 e. The fraction of sp³-hybridized carbons (Fsp3) is 0.0667. The van der Waals surface area contributed by atoms with Gasteiger partial charge >= 0.3 is 0 Å². The Balaban J connectivity index is 2.11. The molecular formula is C15H12ClN3O. The third-order valence-electron chi connectivity index (χ3n) is 2.75. The molecule has 0 unspecified atom stereocenters. The van der Waals surface area contributed by atoms with Gasteiger partial charge in [-0.2, -0.15) is 5.26 Å². The van der Waals surface area contributed by atoms with Gasteiger partial charge in [0.2, 0.25) is 0 Å². The van der Waals surface area contributed by atoms with Gasteiger partial charge in [-0.05, 0) is 35.9 Å². The van der Waals surface area contributed by atoms with E-state index < -0.39 is 0 Å². The second-order valence-corrected chi connectivity index (χ2v) is 4.63. The number of nitrogens with zero attached hydrogens (tertiary/aromatic N) is 1. The van der Waals surface area contributed by atoms with Crippen LogP contribution in [0.3, 0.4) is 0 Å². The predicted octanol–water partition coefficient (Wildman–Crippen LogP) is 3.24. The summed E-state index contributed by atoms with van der Waals surface area (Å²) in [5.74, 6) is -0.263. The van der Waals surface area contributed by atoms with Gasteiger partial charge in [-0.1, -0.05) is 23.7 Å². The van der Waals surface area contributed by atoms with E-state index in [-0.39, 0.29) is 5.91 Å². The summed E-state index contributed by atoms with van der Waals surface area (Å²) in [4.78, 5) is 12.0. The maximum Gasteiger partial charge on any atom is 0.255 e. The molecule has 0 aromatic heterocycles. The minimum atomic E-state index is -0.263. The van der Waals surface area contributed by atoms with Crippen molar-refractivity contribution in [2.75, 3.05) is 11.1 Å². The molecule has 4 nitrogen and oxygen atoms in total. The van der Waals surface area contributed by atoms with Gasteiger partial charge in [0.05, 0.1) is 23.2 Å². The van der Waals surface area contributed by atoms with Gasteiger partial charge in [0.1, 0.15) is 0 Å². The minimum Gasteiger partial charge on any atom is -0.398 e. The first-order valence-electron chi connectivity index (χ1n) is 5.92. The van der Waals surface area contributed by atoms with E-state index in [0.29, 0.717) is 28.4 Å². The Morgan fingerprint density at radius 2 is 1.95 bits per heavy atom. The van der Waals surface area contributed by atoms with Crippen LogP contribution < -0.4 is 11.1 Å². The monoisotopic (exact) mass is 285 g/mol. The van der Waals surface area contributed by atoms with Crippen LogP contribution in [0.4, 0.5) is 11.4 Å². The van der Waals surface area contributed by atoms with E-state index in [9.17, 15) is 4.79 Å². The van der Waals surface area contributed by atoms with Gasteiger partial charge in [-0.15, -0.1) is 0 Å². The zero-order chi connectivity index (χ0) is 14.5. The molecule has 0 aliphatic carbocycles. The molecule has 2 rings (SSSR count). The molecule has 0 spiro atoms. The van der Waals surface area contributed by atoms with Gasteiger partial charge in [0, 0.05) is 11.3 Å². The van der Waals surface area contributed by atoms with Crippen LogP contribution in [0.2, 0.25) is 5.02 Å². The number of nitrogens with two attached hydrogens (primary N) is 1. The SMILES string of the molecule is N#CCc1ccc(NC(=O)c2ccc(Cl)c(N)c2)cc1. The van der Waals surface area contributed by atoms with Crippen molar-refractivity contribution >= 4 is 28.9 Å². The maximum absolute atomic E-state index is 12.0. The van der Waals surface area contributed by atoms with E-state index in [1.165, 1.54) is 6.07 Å². The average Bonchev–Trinajstić information content (AvgIpc) is 2.44. The Labute approximate surface area is 121 Å². The van der Waals surface area contributed by atoms with Crippen LogP contribution >= 0.6 is 11.6 Å². The fourth-order valence-electron chi connectivity index (χ4n) is 1.69. The van der Waals surface area contributed by atoms with Gasteiger partial charge in [-0.3, -0.25) is 4.79 Å². The predicted molar refractivity (Wildman–Crippen MR) is 79.6 cm³/mol. The number of anilines is 2. The highest BCUT2D eigenvalue weighted by Gasteiger charge is 2.08. The second kappa shape index (κ2) is 6.09. The number of rotatable bonds is 3. The summed E-state index contributed by atoms with van der Waals surface area (Å²) in [5.41, 5.74) is 8.03. The van der Waals surface area contributed by atoms with Crippen molar-refractivity contribution in [1.29, 1.82) is 5.26 Å². The Hall–Kier alpha value is -2.51. The molecule has 1 amide bonds. The minimum absolute atomic E-state index is 0.263. The number of nitrogen functional groups attached to an aromatic ring is 1. The Kier molecular flexibility index (Phi) is 4.24. The van der Waals surface area contributed by atoms with E-state index >= 15 is 0 Å². The van der Waals surface area contributed by atoms with E-state index in [1.807, 2.05) is 0 Å². The molecule has 100 valence electrons. The first-order chi connectivity index (χ1) is 9.60. The first kappa shape index (κ1) is 13.9. The highest BCUT2D eigenvalue weighted by molar-refractivity contribution is 6.33. The lowest BCUT2D eigenvalue weighted by atomic mass is 10.1. The third-order valence-corrected chi connectivity index (χ3v) is 3.10. The van der Waals surface area contributed by atoms with Gasteiger partial charge in [0.15, 0.2) is 0 Å². The number of nitriles is 1. The van der Waals surface area contributed by atoms with E-state index in [4.69, 9.17) is 22.6 Å². The maximum atomic E-state index is 12.0. The van der Waals surface area contributed by atoms with Crippen molar-refractivity contribution in [3.8, 4) is 6.07 Å². The average molecular weight is 286 g/mol. The van der Waals surface area contributed by atoms with Crippen molar-refractivity contribution in [3.63, 3.8) is 0 Å². The summed E-state index contributed by atoms with van der Waals surface area (Å²) >= 11 is 5.81. The topological polar surface area (TPSA) is 78.9 Å². The number of amides is 1. The lowest BCUT2D eigenvalue weighted by Gasteiger charge is -2.07. The van der Waals surface area contributed by atoms with Crippen LogP contribution in [0.15, 0.2) is 42.5 Å². The highest BCUT2D eigenvalue weighted by atomic mass is 35.5. The number of benzene rings is 2. The number of carbonyl (C=O) groups is 1. The summed E-state index contributed by atoms with van der Waals surface area (Å²) in [7, 11) is 0. The highest BCUT2D eigenvalue weighted by Crippen LogP contribution is 2.20. The fourth-order valence-corrected chi connectivity index (χ4v) is 1.80. The normalized spacial score (nSPS) is 9.80. The van der Waals surface area contributed by atoms with Crippen LogP contribution in [0.25, 0.3) is 0 Å². The second-order valence-electron chi connectivity index (χ2n) is 4.22. The molecule has 0 fully saturated rings. The number of carbonyl (C=O) groups excluding carboxylic acids is 1. The zero-order valence-corrected chi connectivity index (χ0v) is 11.3. The zero-order valence-electron chi connectivity index (χ0n) is 10.6. The third kappa shape index (κ3) is 3.28. The molecule has 2 aromatic carbocycles. The molecule has 0 aliphatic rings. The quantitative estimate of drug-likeness (QED) is 0.850. The Morgan fingerprint density at radius 1 is 1.25 bits per heavy atom. The van der Waals surface area contributed by atoms with Crippen molar-refractivity contribution in [3.05, 3.63) is 58.6 Å². The molecule has 20 heavy (non-hydrogen) atoms. The lowest BCUT2D eigenvalue weighted by molar-refractivity contribution is 0.102. The molecule has 0 atom stereocenters. The Morgan fingerprint density at radius 3 is 2.55 bits per heavy atom. The van der Waals surface area contributed by atoms with Crippen molar-refractivity contribution < 1.29 is 4.79 Å². The molecule has 0 aliphatic heterocycles. The van der Waals surface area contributed by atoms with Crippen molar-refractivity contribution in [2.24, 2.45) is 0 Å². The van der Waals surface area contributed by atoms with Crippen LogP contribution in [-0.4, -0.2) is 5.91 Å². The van der Waals surface area contributed by atoms with Gasteiger partial charge < -0.3 is 11.1 Å². The summed E-state index contributed by atoms with van der Waals surface area (Å²) in [6.45, 7) is 0. The van der Waals surface area contributed by atoms with E-state index in [2.05, 4.69) is 11.4 Å². The molecule has 0 heterocycles. The van der Waals surface area contributed by atoms with Gasteiger partial charge in [0.25, 0.3) is 5.91 Å². The number of halogens is 1. The summed E-state index contributed by atoms with van der Waals surface area (Å²) in [6, 6.07) is 13.9. The van der Waals surface area contributed by atoms with Crippen LogP contribution in [-0.2, 0) is 6.42 Å². The van der Waals surface area contributed by atoms with Crippen molar-refractivity contribution in [1.82, 2.24) is 0 Å². The molecule has 0 saturated heterocycles. The molecular weight excluding hydrogens is 274 g/mol. The summed E-state index contributed by atoms with van der Waals surface area (Å²) in [6.07, 6.45) is 0.349. The lowest BCUT2D eigenvalue weighted by Crippen LogP contribution is -2.12. The largest absolute Gasteiger partial charge is 0.398 e. The summed E-state index contributed by atoms with van der Waals surface area (Å²) < 4.78 is 0. The van der Waals surface area contributed by atoms with Crippen LogP contribution in [0.1, 0.15) is 15.9 Å². The number of nitrogens with one attached hydrogen (secondary N) is 1. The van der Waals surface area contributed by atoms with Crippen LogP contribution in [0, 0.1) is 11.3 Å². The first-order valence-corrected chi connectivity index (χ1v) is 6.30. The molecule has 5 heteroatoms. The molecule has 0 bridgehead atoms. The number of hydrogen-bond donors (Lipinski definition) is 2. The van der Waals surface area contributed by atoms with Crippen LogP contribution in [0.5, 0.6) is 0 Å². The van der Waals surface area contributed by atoms with Gasteiger partial charge in [-0.25, -0.2) is 0 Å². The molecule has 2 aromatic rings. The molecule has 3 N–H and O–H groups in total. The molecule has 0 radical (unpaired) electrons. The standard InChI is InChI=1S/C15H12ClN3O/c16-13-6-3-11(9-14(13)18)15(20)19-12-4-1-10(2-5-12)7-8-17/h1-6,9H,7,18H2,(H,19,20). The van der Waals surface area contributed by atoms with E-state index in [0.717, 1.165) is 5.56 Å². The number of hydrogen-bond acceptors (Lipinski definition) is 3. The molecule has 0 saturated carbocycles. The Bertz CT molecular complexity index is 675. The summed E-state index contributed by atoms with van der Waals surface area (Å²) in [5, 5.41) is 11.8.